The number of rotatable bonds is 7. The van der Waals surface area contributed by atoms with E-state index >= 15 is 0 Å². The number of nitrogens with one attached hydrogen (secondary N) is 1. The summed E-state index contributed by atoms with van der Waals surface area (Å²) in [5, 5.41) is 7.46. The van der Waals surface area contributed by atoms with Crippen LogP contribution in [0.25, 0.3) is 0 Å². The van der Waals surface area contributed by atoms with Crippen molar-refractivity contribution in [2.45, 2.75) is 78.7 Å². The van der Waals surface area contributed by atoms with Gasteiger partial charge in [0.15, 0.2) is 0 Å². The quantitative estimate of drug-likeness (QED) is 0.642. The minimum Gasteiger partial charge on any atom is -0.493 e. The summed E-state index contributed by atoms with van der Waals surface area (Å²) in [6.45, 7) is 9.75. The molecule has 1 N–H and O–H groups in total. The molecule has 1 saturated heterocycles. The van der Waals surface area contributed by atoms with E-state index in [1.54, 1.807) is 0 Å². The summed E-state index contributed by atoms with van der Waals surface area (Å²) >= 11 is 0. The summed E-state index contributed by atoms with van der Waals surface area (Å²) in [5.41, 5.74) is 5.70. The van der Waals surface area contributed by atoms with Gasteiger partial charge in [0.05, 0.1) is 18.3 Å². The van der Waals surface area contributed by atoms with Gasteiger partial charge in [-0.2, -0.15) is 5.10 Å². The first-order chi connectivity index (χ1) is 14.0. The average molecular weight is 398 g/mol. The van der Waals surface area contributed by atoms with Crippen LogP contribution in [0.5, 0.6) is 5.75 Å². The van der Waals surface area contributed by atoms with Crippen molar-refractivity contribution < 1.29 is 9.53 Å². The molecule has 0 saturated carbocycles. The second-order valence-corrected chi connectivity index (χ2v) is 8.37. The molecule has 2 aromatic rings. The maximum atomic E-state index is 13.1. The zero-order valence-corrected chi connectivity index (χ0v) is 18.4. The van der Waals surface area contributed by atoms with E-state index in [9.17, 15) is 4.79 Å². The zero-order chi connectivity index (χ0) is 20.8. The molecule has 29 heavy (non-hydrogen) atoms. The third-order valence-electron chi connectivity index (χ3n) is 5.98. The van der Waals surface area contributed by atoms with Gasteiger partial charge in [-0.3, -0.25) is 9.89 Å². The summed E-state index contributed by atoms with van der Waals surface area (Å²) in [6.07, 6.45) is 6.82. The fourth-order valence-corrected chi connectivity index (χ4v) is 4.32. The number of nitrogens with zero attached hydrogens (tertiary/aromatic N) is 2. The van der Waals surface area contributed by atoms with Crippen LogP contribution in [0.1, 0.15) is 79.1 Å². The molecule has 1 aromatic heterocycles. The highest BCUT2D eigenvalue weighted by Gasteiger charge is 2.29. The monoisotopic (exact) mass is 397 g/mol. The minimum absolute atomic E-state index is 0.162. The van der Waals surface area contributed by atoms with Gasteiger partial charge in [-0.15, -0.1) is 0 Å². The number of ether oxygens (including phenoxy) is 1. The number of aromatic nitrogens is 2. The van der Waals surface area contributed by atoms with Gasteiger partial charge in [0.2, 0.25) is 5.91 Å². The van der Waals surface area contributed by atoms with Gasteiger partial charge in [0.1, 0.15) is 5.75 Å². The standard InChI is InChI=1S/C24H35N3O2/c1-17-12-13-18(2)22(16-17)29-15-9-7-11-23(28)27-14-8-5-6-10-21(27)24-19(3)25-26-20(24)4/h12-13,16,21H,5-11,14-15H2,1-4H3,(H,25,26)/t21-/m1/s1. The lowest BCUT2D eigenvalue weighted by molar-refractivity contribution is -0.133. The number of hydrogen-bond acceptors (Lipinski definition) is 3. The van der Waals surface area contributed by atoms with Crippen LogP contribution in [0.4, 0.5) is 0 Å². The molecule has 0 bridgehead atoms. The number of hydrogen-bond donors (Lipinski definition) is 1. The molecule has 1 fully saturated rings. The predicted octanol–water partition coefficient (Wildman–Crippen LogP) is 5.34. The molecule has 5 nitrogen and oxygen atoms in total. The molecule has 1 amide bonds. The van der Waals surface area contributed by atoms with E-state index in [4.69, 9.17) is 4.74 Å². The Bertz CT molecular complexity index is 808. The Morgan fingerprint density at radius 1 is 1.17 bits per heavy atom. The van der Waals surface area contributed by atoms with E-state index in [1.807, 2.05) is 6.92 Å². The lowest BCUT2D eigenvalue weighted by Gasteiger charge is -2.31. The van der Waals surface area contributed by atoms with Gasteiger partial charge in [0, 0.05) is 24.2 Å². The average Bonchev–Trinajstić information content (AvgIpc) is 2.89. The number of carbonyl (C=O) groups excluding carboxylic acids is 1. The number of unbranched alkanes of at least 4 members (excludes halogenated alkanes) is 1. The Labute approximate surface area is 174 Å². The Hall–Kier alpha value is -2.30. The maximum Gasteiger partial charge on any atom is 0.223 e. The zero-order valence-electron chi connectivity index (χ0n) is 18.4. The number of likely N-dealkylation sites (tertiary alicyclic amines) is 1. The highest BCUT2D eigenvalue weighted by molar-refractivity contribution is 5.76. The van der Waals surface area contributed by atoms with Crippen molar-refractivity contribution in [2.24, 2.45) is 0 Å². The molecule has 1 aliphatic heterocycles. The predicted molar refractivity (Wildman–Crippen MR) is 116 cm³/mol. The number of benzene rings is 1. The molecule has 5 heteroatoms. The van der Waals surface area contributed by atoms with Crippen molar-refractivity contribution in [3.05, 3.63) is 46.3 Å². The molecule has 2 heterocycles. The molecule has 0 aliphatic carbocycles. The fourth-order valence-electron chi connectivity index (χ4n) is 4.32. The number of amides is 1. The van der Waals surface area contributed by atoms with Crippen molar-refractivity contribution in [3.63, 3.8) is 0 Å². The highest BCUT2D eigenvalue weighted by Crippen LogP contribution is 2.33. The molecule has 0 unspecified atom stereocenters. The van der Waals surface area contributed by atoms with Gasteiger partial charge in [0.25, 0.3) is 0 Å². The summed E-state index contributed by atoms with van der Waals surface area (Å²) in [4.78, 5) is 15.2. The van der Waals surface area contributed by atoms with Crippen LogP contribution in [-0.2, 0) is 4.79 Å². The van der Waals surface area contributed by atoms with Crippen molar-refractivity contribution in [3.8, 4) is 5.75 Å². The van der Waals surface area contributed by atoms with E-state index in [0.29, 0.717) is 13.0 Å². The van der Waals surface area contributed by atoms with E-state index in [2.05, 4.69) is 54.1 Å². The number of aryl methyl sites for hydroxylation is 4. The van der Waals surface area contributed by atoms with Crippen LogP contribution < -0.4 is 4.74 Å². The van der Waals surface area contributed by atoms with Crippen LogP contribution in [-0.4, -0.2) is 34.2 Å². The van der Waals surface area contributed by atoms with Gasteiger partial charge in [-0.05, 0) is 70.6 Å². The minimum atomic E-state index is 0.162. The Kier molecular flexibility index (Phi) is 7.34. The third kappa shape index (κ3) is 5.40. The Morgan fingerprint density at radius 2 is 2.00 bits per heavy atom. The molecule has 3 rings (SSSR count). The summed E-state index contributed by atoms with van der Waals surface area (Å²) < 4.78 is 5.94. The van der Waals surface area contributed by atoms with Gasteiger partial charge in [-0.25, -0.2) is 0 Å². The van der Waals surface area contributed by atoms with Crippen LogP contribution in [0.2, 0.25) is 0 Å². The Morgan fingerprint density at radius 3 is 2.76 bits per heavy atom. The summed E-state index contributed by atoms with van der Waals surface area (Å²) in [6, 6.07) is 6.43. The van der Waals surface area contributed by atoms with Crippen molar-refractivity contribution >= 4 is 5.91 Å². The van der Waals surface area contributed by atoms with Crippen molar-refractivity contribution in [2.75, 3.05) is 13.2 Å². The highest BCUT2D eigenvalue weighted by atomic mass is 16.5. The van der Waals surface area contributed by atoms with Crippen LogP contribution in [0.15, 0.2) is 18.2 Å². The molecule has 0 radical (unpaired) electrons. The van der Waals surface area contributed by atoms with Crippen LogP contribution in [0.3, 0.4) is 0 Å². The number of H-pyrrole nitrogens is 1. The largest absolute Gasteiger partial charge is 0.493 e. The lowest BCUT2D eigenvalue weighted by Crippen LogP contribution is -2.35. The molecule has 0 spiro atoms. The second-order valence-electron chi connectivity index (χ2n) is 8.37. The number of aromatic amines is 1. The molecule has 1 atom stereocenters. The third-order valence-corrected chi connectivity index (χ3v) is 5.98. The normalized spacial score (nSPS) is 17.2. The fraction of sp³-hybridized carbons (Fsp3) is 0.583. The van der Waals surface area contributed by atoms with Gasteiger partial charge in [-0.1, -0.05) is 25.0 Å². The first-order valence-electron chi connectivity index (χ1n) is 11.0. The van der Waals surface area contributed by atoms with E-state index in [1.165, 1.54) is 24.0 Å². The summed E-state index contributed by atoms with van der Waals surface area (Å²) in [5.74, 6) is 1.22. The molecule has 158 valence electrons. The smallest absolute Gasteiger partial charge is 0.223 e. The van der Waals surface area contributed by atoms with Crippen LogP contribution >= 0.6 is 0 Å². The van der Waals surface area contributed by atoms with Crippen LogP contribution in [0, 0.1) is 27.7 Å². The topological polar surface area (TPSA) is 58.2 Å². The number of carbonyl (C=O) groups is 1. The summed E-state index contributed by atoms with van der Waals surface area (Å²) in [7, 11) is 0. The molecule has 1 aliphatic rings. The maximum absolute atomic E-state index is 13.1. The molecular formula is C24H35N3O2. The van der Waals surface area contributed by atoms with Gasteiger partial charge >= 0.3 is 0 Å². The van der Waals surface area contributed by atoms with E-state index in [-0.39, 0.29) is 11.9 Å². The van der Waals surface area contributed by atoms with Gasteiger partial charge < -0.3 is 9.64 Å². The first-order valence-corrected chi connectivity index (χ1v) is 11.0. The van der Waals surface area contributed by atoms with Crippen molar-refractivity contribution in [1.82, 2.24) is 15.1 Å². The first kappa shape index (κ1) is 21.4. The SMILES string of the molecule is Cc1ccc(C)c(OCCCCC(=O)N2CCCCC[C@@H]2c2c(C)n[nH]c2C)c1. The van der Waals surface area contributed by atoms with Crippen molar-refractivity contribution in [1.29, 1.82) is 0 Å². The lowest BCUT2D eigenvalue weighted by atomic mass is 9.98. The second kappa shape index (κ2) is 9.95. The van der Waals surface area contributed by atoms with E-state index in [0.717, 1.165) is 54.9 Å². The molecule has 1 aromatic carbocycles. The van der Waals surface area contributed by atoms with E-state index < -0.39 is 0 Å². The Balaban J connectivity index is 1.53. The molecular weight excluding hydrogens is 362 g/mol.